The summed E-state index contributed by atoms with van der Waals surface area (Å²) < 4.78 is 1.85. The number of guanidine groups is 1. The zero-order valence-electron chi connectivity index (χ0n) is 16.7. The summed E-state index contributed by atoms with van der Waals surface area (Å²) in [6.07, 6.45) is 5.38. The monoisotopic (exact) mass is 494 g/mol. The first-order chi connectivity index (χ1) is 12.9. The Morgan fingerprint density at radius 2 is 2.07 bits per heavy atom. The van der Waals surface area contributed by atoms with Crippen LogP contribution in [0.5, 0.6) is 0 Å². The van der Waals surface area contributed by atoms with Crippen LogP contribution in [-0.4, -0.2) is 34.7 Å². The number of hydrogen-bond donors (Lipinski definition) is 3. The molecule has 0 atom stereocenters. The van der Waals surface area contributed by atoms with Crippen molar-refractivity contribution in [2.45, 2.75) is 27.3 Å². The number of rotatable bonds is 6. The highest BCUT2D eigenvalue weighted by Crippen LogP contribution is 2.13. The van der Waals surface area contributed by atoms with Crippen LogP contribution in [0, 0.1) is 26.2 Å². The molecule has 0 bridgehead atoms. The second-order valence-corrected chi connectivity index (χ2v) is 6.10. The zero-order valence-corrected chi connectivity index (χ0v) is 19.0. The molecule has 7 nitrogen and oxygen atoms in total. The van der Waals surface area contributed by atoms with E-state index in [1.165, 1.54) is 0 Å². The van der Waals surface area contributed by atoms with Crippen molar-refractivity contribution in [3.63, 3.8) is 0 Å². The SMILES string of the molecule is C#Cc1cccc(NC(=O)CNC(=NCc2c(C)nn(C)c2C)NCC)c1.I. The van der Waals surface area contributed by atoms with Gasteiger partial charge in [-0.3, -0.25) is 9.48 Å². The first kappa shape index (κ1) is 23.5. The van der Waals surface area contributed by atoms with Crippen LogP contribution in [-0.2, 0) is 18.4 Å². The quantitative estimate of drug-likeness (QED) is 0.249. The lowest BCUT2D eigenvalue weighted by molar-refractivity contribution is -0.115. The minimum absolute atomic E-state index is 0. The lowest BCUT2D eigenvalue weighted by atomic mass is 10.2. The van der Waals surface area contributed by atoms with E-state index in [1.807, 2.05) is 44.6 Å². The fraction of sp³-hybridized carbons (Fsp3) is 0.350. The van der Waals surface area contributed by atoms with Gasteiger partial charge < -0.3 is 16.0 Å². The number of aromatic nitrogens is 2. The molecule has 0 saturated heterocycles. The Bertz CT molecular complexity index is 881. The second kappa shape index (κ2) is 11.3. The molecule has 2 aromatic rings. The molecule has 0 unspecified atom stereocenters. The maximum atomic E-state index is 12.2. The van der Waals surface area contributed by atoms with E-state index in [-0.39, 0.29) is 36.4 Å². The molecule has 0 aliphatic heterocycles. The number of carbonyl (C=O) groups is 1. The van der Waals surface area contributed by atoms with Crippen molar-refractivity contribution in [3.8, 4) is 12.3 Å². The van der Waals surface area contributed by atoms with E-state index in [0.29, 0.717) is 24.7 Å². The number of halogens is 1. The highest BCUT2D eigenvalue weighted by Gasteiger charge is 2.10. The minimum atomic E-state index is -0.177. The van der Waals surface area contributed by atoms with Crippen LogP contribution < -0.4 is 16.0 Å². The highest BCUT2D eigenvalue weighted by molar-refractivity contribution is 14.0. The molecule has 0 saturated carbocycles. The molecule has 0 radical (unpaired) electrons. The number of terminal acetylenes is 1. The second-order valence-electron chi connectivity index (χ2n) is 6.10. The van der Waals surface area contributed by atoms with Gasteiger partial charge in [0.2, 0.25) is 5.91 Å². The number of amides is 1. The van der Waals surface area contributed by atoms with Crippen molar-refractivity contribution in [2.24, 2.45) is 12.0 Å². The summed E-state index contributed by atoms with van der Waals surface area (Å²) in [4.78, 5) is 16.7. The predicted octanol–water partition coefficient (Wildman–Crippen LogP) is 2.33. The number of nitrogens with zero attached hydrogens (tertiary/aromatic N) is 3. The normalized spacial score (nSPS) is 10.6. The molecule has 0 aliphatic rings. The molecule has 0 aliphatic carbocycles. The average Bonchev–Trinajstić information content (AvgIpc) is 2.89. The Morgan fingerprint density at radius 3 is 2.68 bits per heavy atom. The largest absolute Gasteiger partial charge is 0.357 e. The van der Waals surface area contributed by atoms with E-state index in [4.69, 9.17) is 6.42 Å². The van der Waals surface area contributed by atoms with Crippen LogP contribution in [0.4, 0.5) is 5.69 Å². The summed E-state index contributed by atoms with van der Waals surface area (Å²) in [5, 5.41) is 13.4. The number of anilines is 1. The molecular formula is C20H27IN6O. The average molecular weight is 494 g/mol. The van der Waals surface area contributed by atoms with Crippen LogP contribution in [0.3, 0.4) is 0 Å². The zero-order chi connectivity index (χ0) is 19.8. The van der Waals surface area contributed by atoms with Gasteiger partial charge in [0.05, 0.1) is 18.8 Å². The number of aliphatic imine (C=N–C) groups is 1. The maximum Gasteiger partial charge on any atom is 0.243 e. The van der Waals surface area contributed by atoms with Crippen LogP contribution in [0.1, 0.15) is 29.4 Å². The number of hydrogen-bond acceptors (Lipinski definition) is 3. The van der Waals surface area contributed by atoms with E-state index in [0.717, 1.165) is 22.5 Å². The molecule has 2 rings (SSSR count). The number of nitrogens with one attached hydrogen (secondary N) is 3. The van der Waals surface area contributed by atoms with Crippen LogP contribution in [0.2, 0.25) is 0 Å². The van der Waals surface area contributed by atoms with Gasteiger partial charge in [-0.2, -0.15) is 5.10 Å². The van der Waals surface area contributed by atoms with E-state index in [9.17, 15) is 4.79 Å². The number of aryl methyl sites for hydroxylation is 2. The molecule has 3 N–H and O–H groups in total. The fourth-order valence-electron chi connectivity index (χ4n) is 2.60. The molecular weight excluding hydrogens is 467 g/mol. The Labute approximate surface area is 183 Å². The number of benzene rings is 1. The number of carbonyl (C=O) groups excluding carboxylic acids is 1. The lowest BCUT2D eigenvalue weighted by Crippen LogP contribution is -2.41. The van der Waals surface area contributed by atoms with Crippen molar-refractivity contribution in [2.75, 3.05) is 18.4 Å². The van der Waals surface area contributed by atoms with Crippen molar-refractivity contribution in [1.29, 1.82) is 0 Å². The Kier molecular flexibility index (Phi) is 9.51. The summed E-state index contributed by atoms with van der Waals surface area (Å²) in [5.41, 5.74) is 4.52. The molecule has 0 fully saturated rings. The van der Waals surface area contributed by atoms with Gasteiger partial charge in [0.15, 0.2) is 5.96 Å². The first-order valence-corrected chi connectivity index (χ1v) is 8.82. The standard InChI is InChI=1S/C20H26N6O.HI/c1-6-16-9-8-10-17(11-16)24-19(27)13-23-20(21-7-2)22-12-18-14(3)25-26(5)15(18)4;/h1,8-11H,7,12-13H2,2-5H3,(H,24,27)(H2,21,22,23);1H. The van der Waals surface area contributed by atoms with Crippen molar-refractivity contribution in [1.82, 2.24) is 20.4 Å². The summed E-state index contributed by atoms with van der Waals surface area (Å²) >= 11 is 0. The van der Waals surface area contributed by atoms with E-state index < -0.39 is 0 Å². The van der Waals surface area contributed by atoms with Gasteiger partial charge in [0.1, 0.15) is 0 Å². The first-order valence-electron chi connectivity index (χ1n) is 8.82. The van der Waals surface area contributed by atoms with Crippen LogP contribution in [0.15, 0.2) is 29.3 Å². The molecule has 28 heavy (non-hydrogen) atoms. The van der Waals surface area contributed by atoms with Gasteiger partial charge in [-0.15, -0.1) is 30.4 Å². The van der Waals surface area contributed by atoms with Gasteiger partial charge in [0.25, 0.3) is 0 Å². The third-order valence-corrected chi connectivity index (χ3v) is 4.13. The summed E-state index contributed by atoms with van der Waals surface area (Å²) in [6, 6.07) is 7.17. The third-order valence-electron chi connectivity index (χ3n) is 4.13. The summed E-state index contributed by atoms with van der Waals surface area (Å²) in [5.74, 6) is 2.95. The molecule has 1 aromatic carbocycles. The molecule has 0 spiro atoms. The Balaban J connectivity index is 0.00000392. The van der Waals surface area contributed by atoms with Gasteiger partial charge in [-0.1, -0.05) is 12.0 Å². The van der Waals surface area contributed by atoms with Crippen molar-refractivity contribution in [3.05, 3.63) is 46.8 Å². The molecule has 1 aromatic heterocycles. The fourth-order valence-corrected chi connectivity index (χ4v) is 2.60. The van der Waals surface area contributed by atoms with Gasteiger partial charge >= 0.3 is 0 Å². The summed E-state index contributed by atoms with van der Waals surface area (Å²) in [6.45, 7) is 7.24. The highest BCUT2D eigenvalue weighted by atomic mass is 127. The van der Waals surface area contributed by atoms with Crippen molar-refractivity contribution >= 4 is 41.5 Å². The Hall–Kier alpha value is -2.54. The van der Waals surface area contributed by atoms with Crippen LogP contribution >= 0.6 is 24.0 Å². The topological polar surface area (TPSA) is 83.3 Å². The van der Waals surface area contributed by atoms with Gasteiger partial charge in [-0.05, 0) is 39.0 Å². The summed E-state index contributed by atoms with van der Waals surface area (Å²) in [7, 11) is 1.92. The molecule has 150 valence electrons. The van der Waals surface area contributed by atoms with E-state index in [2.05, 4.69) is 32.0 Å². The van der Waals surface area contributed by atoms with Gasteiger partial charge in [0, 0.05) is 36.1 Å². The molecule has 1 amide bonds. The maximum absolute atomic E-state index is 12.2. The van der Waals surface area contributed by atoms with Crippen molar-refractivity contribution < 1.29 is 4.79 Å². The van der Waals surface area contributed by atoms with Gasteiger partial charge in [-0.25, -0.2) is 4.99 Å². The minimum Gasteiger partial charge on any atom is -0.357 e. The van der Waals surface area contributed by atoms with E-state index in [1.54, 1.807) is 12.1 Å². The lowest BCUT2D eigenvalue weighted by Gasteiger charge is -2.12. The molecule has 8 heteroatoms. The smallest absolute Gasteiger partial charge is 0.243 e. The Morgan fingerprint density at radius 1 is 1.32 bits per heavy atom. The van der Waals surface area contributed by atoms with Crippen LogP contribution in [0.25, 0.3) is 0 Å². The van der Waals surface area contributed by atoms with E-state index >= 15 is 0 Å². The predicted molar refractivity (Wildman–Crippen MR) is 124 cm³/mol. The molecule has 1 heterocycles. The third kappa shape index (κ3) is 6.56.